The van der Waals surface area contributed by atoms with Crippen LogP contribution in [0.3, 0.4) is 0 Å². The molecule has 3 rings (SSSR count). The zero-order valence-electron chi connectivity index (χ0n) is 13.0. The van der Waals surface area contributed by atoms with E-state index in [4.69, 9.17) is 4.74 Å². The summed E-state index contributed by atoms with van der Waals surface area (Å²) in [7, 11) is 1.96. The van der Waals surface area contributed by atoms with Crippen LogP contribution in [0.25, 0.3) is 0 Å². The van der Waals surface area contributed by atoms with E-state index in [0.29, 0.717) is 17.2 Å². The smallest absolute Gasteiger partial charge is 0.191 e. The molecule has 124 valence electrons. The van der Waals surface area contributed by atoms with Gasteiger partial charge in [-0.05, 0) is 18.9 Å². The van der Waals surface area contributed by atoms with Crippen molar-refractivity contribution >= 4 is 11.8 Å². The molecule has 0 aliphatic heterocycles. The molecule has 2 aromatic rings. The minimum Gasteiger partial charge on any atom is -0.390 e. The summed E-state index contributed by atoms with van der Waals surface area (Å²) in [6, 6.07) is 6.48. The molecule has 1 atom stereocenters. The van der Waals surface area contributed by atoms with E-state index in [2.05, 4.69) is 10.2 Å². The Bertz CT molecular complexity index is 661. The number of halogens is 1. The third-order valence-electron chi connectivity index (χ3n) is 3.74. The second-order valence-corrected chi connectivity index (χ2v) is 6.73. The molecule has 1 N–H and O–H groups in total. The molecular formula is C16H20FN3O2S. The van der Waals surface area contributed by atoms with Gasteiger partial charge >= 0.3 is 0 Å². The van der Waals surface area contributed by atoms with Crippen LogP contribution in [-0.4, -0.2) is 38.3 Å². The number of ether oxygens (including phenoxy) is 1. The minimum atomic E-state index is -0.632. The Morgan fingerprint density at radius 2 is 2.17 bits per heavy atom. The number of hydrogen-bond acceptors (Lipinski definition) is 5. The first-order chi connectivity index (χ1) is 11.1. The molecule has 0 radical (unpaired) electrons. The second-order valence-electron chi connectivity index (χ2n) is 5.75. The summed E-state index contributed by atoms with van der Waals surface area (Å²) < 4.78 is 20.8. The molecule has 1 heterocycles. The van der Waals surface area contributed by atoms with Gasteiger partial charge in [0.25, 0.3) is 0 Å². The van der Waals surface area contributed by atoms with Crippen molar-refractivity contribution in [3.05, 3.63) is 41.5 Å². The van der Waals surface area contributed by atoms with Gasteiger partial charge in [-0.3, -0.25) is 0 Å². The lowest BCUT2D eigenvalue weighted by Gasteiger charge is -2.11. The van der Waals surface area contributed by atoms with Crippen LogP contribution in [0, 0.1) is 5.82 Å². The highest BCUT2D eigenvalue weighted by Gasteiger charge is 2.29. The lowest BCUT2D eigenvalue weighted by molar-refractivity contribution is 0.0386. The minimum absolute atomic E-state index is 0.157. The first-order valence-corrected chi connectivity index (χ1v) is 8.65. The number of aliphatic hydroxyl groups is 1. The van der Waals surface area contributed by atoms with E-state index in [-0.39, 0.29) is 19.0 Å². The molecule has 0 bridgehead atoms. The van der Waals surface area contributed by atoms with E-state index in [1.807, 2.05) is 11.6 Å². The van der Waals surface area contributed by atoms with Gasteiger partial charge < -0.3 is 14.4 Å². The fraction of sp³-hybridized carbons (Fsp3) is 0.500. The number of thioether (sulfide) groups is 1. The summed E-state index contributed by atoms with van der Waals surface area (Å²) in [5.74, 6) is 1.75. The third kappa shape index (κ3) is 4.31. The van der Waals surface area contributed by atoms with Crippen LogP contribution in [0.5, 0.6) is 0 Å². The molecule has 0 spiro atoms. The third-order valence-corrected chi connectivity index (χ3v) is 4.91. The first-order valence-electron chi connectivity index (χ1n) is 7.66. The monoisotopic (exact) mass is 337 g/mol. The average molecular weight is 337 g/mol. The molecule has 5 nitrogen and oxygen atoms in total. The predicted octanol–water partition coefficient (Wildman–Crippen LogP) is 2.50. The molecular weight excluding hydrogens is 317 g/mol. The molecule has 1 aromatic carbocycles. The van der Waals surface area contributed by atoms with E-state index < -0.39 is 6.10 Å². The van der Waals surface area contributed by atoms with Crippen molar-refractivity contribution in [3.63, 3.8) is 0 Å². The highest BCUT2D eigenvalue weighted by Crippen LogP contribution is 2.39. The molecule has 1 aliphatic carbocycles. The second kappa shape index (κ2) is 7.42. The number of aliphatic hydroxyl groups excluding tert-OH is 1. The van der Waals surface area contributed by atoms with Crippen molar-refractivity contribution in [1.29, 1.82) is 0 Å². The Morgan fingerprint density at radius 3 is 2.91 bits per heavy atom. The van der Waals surface area contributed by atoms with Gasteiger partial charge in [0.1, 0.15) is 11.6 Å². The number of hydrogen-bond donors (Lipinski definition) is 1. The standard InChI is InChI=1S/C16H20FN3O2S/c1-20-15(11-6-7-11)18-19-16(20)23-10-13(21)9-22-8-12-4-2-3-5-14(12)17/h2-5,11,13,21H,6-10H2,1H3. The zero-order valence-corrected chi connectivity index (χ0v) is 13.8. The summed E-state index contributed by atoms with van der Waals surface area (Å²) in [5, 5.41) is 19.2. The van der Waals surface area contributed by atoms with Gasteiger partial charge in [0.2, 0.25) is 0 Å². The maximum Gasteiger partial charge on any atom is 0.191 e. The molecule has 1 fully saturated rings. The summed E-state index contributed by atoms with van der Waals surface area (Å²) in [5.41, 5.74) is 0.495. The van der Waals surface area contributed by atoms with Crippen LogP contribution in [0.15, 0.2) is 29.4 Å². The molecule has 1 aromatic heterocycles. The quantitative estimate of drug-likeness (QED) is 0.750. The van der Waals surface area contributed by atoms with Gasteiger partial charge in [-0.15, -0.1) is 10.2 Å². The lowest BCUT2D eigenvalue weighted by Crippen LogP contribution is -2.18. The number of benzene rings is 1. The Morgan fingerprint density at radius 1 is 1.39 bits per heavy atom. The molecule has 0 saturated heterocycles. The Labute approximate surface area is 138 Å². The number of aromatic nitrogens is 3. The van der Waals surface area contributed by atoms with Crippen LogP contribution in [0.1, 0.15) is 30.1 Å². The van der Waals surface area contributed by atoms with Crippen LogP contribution < -0.4 is 0 Å². The van der Waals surface area contributed by atoms with E-state index in [1.54, 1.807) is 18.2 Å². The topological polar surface area (TPSA) is 60.2 Å². The Hall–Kier alpha value is -1.44. The highest BCUT2D eigenvalue weighted by molar-refractivity contribution is 7.99. The van der Waals surface area contributed by atoms with Gasteiger partial charge in [-0.25, -0.2) is 4.39 Å². The van der Waals surface area contributed by atoms with Crippen molar-refractivity contribution in [3.8, 4) is 0 Å². The molecule has 0 amide bonds. The van der Waals surface area contributed by atoms with Crippen LogP contribution in [0.2, 0.25) is 0 Å². The van der Waals surface area contributed by atoms with Gasteiger partial charge in [0.05, 0.1) is 19.3 Å². The van der Waals surface area contributed by atoms with Crippen molar-refractivity contribution in [2.24, 2.45) is 7.05 Å². The summed E-state index contributed by atoms with van der Waals surface area (Å²) in [6.07, 6.45) is 1.74. The van der Waals surface area contributed by atoms with Gasteiger partial charge in [-0.1, -0.05) is 30.0 Å². The largest absolute Gasteiger partial charge is 0.390 e. The van der Waals surface area contributed by atoms with Gasteiger partial charge in [-0.2, -0.15) is 0 Å². The van der Waals surface area contributed by atoms with E-state index in [9.17, 15) is 9.50 Å². The highest BCUT2D eigenvalue weighted by atomic mass is 32.2. The Kier molecular flexibility index (Phi) is 5.30. The van der Waals surface area contributed by atoms with E-state index >= 15 is 0 Å². The summed E-state index contributed by atoms with van der Waals surface area (Å²) in [4.78, 5) is 0. The molecule has 1 aliphatic rings. The van der Waals surface area contributed by atoms with Crippen LogP contribution >= 0.6 is 11.8 Å². The van der Waals surface area contributed by atoms with Gasteiger partial charge in [0.15, 0.2) is 5.16 Å². The maximum absolute atomic E-state index is 13.4. The number of nitrogens with zero attached hydrogens (tertiary/aromatic N) is 3. The fourth-order valence-electron chi connectivity index (χ4n) is 2.29. The zero-order chi connectivity index (χ0) is 16.2. The maximum atomic E-state index is 13.4. The number of rotatable bonds is 8. The van der Waals surface area contributed by atoms with Crippen LogP contribution in [0.4, 0.5) is 4.39 Å². The van der Waals surface area contributed by atoms with E-state index in [1.165, 1.54) is 30.7 Å². The molecule has 1 saturated carbocycles. The first kappa shape index (κ1) is 16.4. The summed E-state index contributed by atoms with van der Waals surface area (Å²) >= 11 is 1.46. The molecule has 1 unspecified atom stereocenters. The van der Waals surface area contributed by atoms with Gasteiger partial charge in [0, 0.05) is 24.3 Å². The van der Waals surface area contributed by atoms with Crippen molar-refractivity contribution in [1.82, 2.24) is 14.8 Å². The Balaban J connectivity index is 1.41. The van der Waals surface area contributed by atoms with Crippen LogP contribution in [-0.2, 0) is 18.4 Å². The summed E-state index contributed by atoms with van der Waals surface area (Å²) in [6.45, 7) is 0.318. The van der Waals surface area contributed by atoms with Crippen molar-refractivity contribution in [2.45, 2.75) is 36.6 Å². The average Bonchev–Trinajstić information content (AvgIpc) is 3.31. The normalized spacial score (nSPS) is 15.8. The molecule has 23 heavy (non-hydrogen) atoms. The van der Waals surface area contributed by atoms with E-state index in [0.717, 1.165) is 11.0 Å². The SMILES string of the molecule is Cn1c(SCC(O)COCc2ccccc2F)nnc1C1CC1. The molecule has 7 heteroatoms. The predicted molar refractivity (Wildman–Crippen MR) is 85.8 cm³/mol. The van der Waals surface area contributed by atoms with Crippen molar-refractivity contribution < 1.29 is 14.2 Å². The lowest BCUT2D eigenvalue weighted by atomic mass is 10.2. The van der Waals surface area contributed by atoms with Crippen molar-refractivity contribution in [2.75, 3.05) is 12.4 Å². The fourth-order valence-corrected chi connectivity index (χ4v) is 3.11.